The van der Waals surface area contributed by atoms with Crippen molar-refractivity contribution in [3.63, 3.8) is 0 Å². The van der Waals surface area contributed by atoms with Crippen molar-refractivity contribution in [2.24, 2.45) is 0 Å². The van der Waals surface area contributed by atoms with Gasteiger partial charge in [-0.1, -0.05) is 23.7 Å². The number of aliphatic hydroxyl groups is 1. The van der Waals surface area contributed by atoms with Crippen LogP contribution in [0.4, 0.5) is 0 Å². The van der Waals surface area contributed by atoms with Gasteiger partial charge < -0.3 is 15.8 Å². The number of nitrogens with zero attached hydrogens (tertiary/aromatic N) is 1. The summed E-state index contributed by atoms with van der Waals surface area (Å²) >= 11 is 5.93. The highest BCUT2D eigenvalue weighted by Gasteiger charge is 2.33. The maximum Gasteiger partial charge on any atom is 0.129 e. The largest absolute Gasteiger partial charge is 0.388 e. The normalized spacial score (nSPS) is 17.1. The Kier molecular flexibility index (Phi) is 4.14. The summed E-state index contributed by atoms with van der Waals surface area (Å²) < 4.78 is 0. The molecule has 1 fully saturated rings. The molecule has 22 heavy (non-hydrogen) atoms. The second-order valence-electron chi connectivity index (χ2n) is 5.77. The van der Waals surface area contributed by atoms with Crippen LogP contribution in [0.15, 0.2) is 36.7 Å². The molecule has 0 saturated heterocycles. The number of aromatic nitrogens is 1. The maximum absolute atomic E-state index is 10.1. The summed E-state index contributed by atoms with van der Waals surface area (Å²) in [5, 5.41) is 23.3. The molecule has 5 heteroatoms. The van der Waals surface area contributed by atoms with Gasteiger partial charge in [-0.3, -0.25) is 0 Å². The number of halogens is 1. The Bertz CT molecular complexity index is 738. The molecule has 1 aromatic heterocycles. The van der Waals surface area contributed by atoms with Gasteiger partial charge in [-0.15, -0.1) is 0 Å². The third kappa shape index (κ3) is 3.13. The highest BCUT2D eigenvalue weighted by atomic mass is 35.5. The molecule has 1 aliphatic rings. The van der Waals surface area contributed by atoms with Crippen LogP contribution in [-0.2, 0) is 0 Å². The number of allylic oxidation sites excluding steroid dienone is 1. The van der Waals surface area contributed by atoms with Gasteiger partial charge in [0, 0.05) is 36.1 Å². The number of nitrogens with one attached hydrogen (secondary N) is 2. The van der Waals surface area contributed by atoms with Gasteiger partial charge in [-0.2, -0.15) is 0 Å². The first-order valence-electron chi connectivity index (χ1n) is 7.32. The van der Waals surface area contributed by atoms with E-state index in [1.54, 1.807) is 12.4 Å². The summed E-state index contributed by atoms with van der Waals surface area (Å²) in [5.74, 6) is 0. The predicted molar refractivity (Wildman–Crippen MR) is 90.3 cm³/mol. The van der Waals surface area contributed by atoms with Crippen molar-refractivity contribution >= 4 is 34.2 Å². The van der Waals surface area contributed by atoms with Crippen molar-refractivity contribution in [1.82, 2.24) is 10.3 Å². The first-order valence-corrected chi connectivity index (χ1v) is 7.70. The molecule has 4 nitrogen and oxygen atoms in total. The van der Waals surface area contributed by atoms with Crippen molar-refractivity contribution in [2.75, 3.05) is 6.54 Å². The zero-order chi connectivity index (χ0) is 15.6. The second-order valence-corrected chi connectivity index (χ2v) is 6.16. The molecule has 0 radical (unpaired) electrons. The van der Waals surface area contributed by atoms with Gasteiger partial charge in [0.2, 0.25) is 0 Å². The molecule has 1 aliphatic carbocycles. The van der Waals surface area contributed by atoms with Crippen molar-refractivity contribution < 1.29 is 5.11 Å². The molecule has 0 amide bonds. The molecule has 114 valence electrons. The van der Waals surface area contributed by atoms with Gasteiger partial charge in [0.25, 0.3) is 0 Å². The van der Waals surface area contributed by atoms with E-state index in [2.05, 4.69) is 10.3 Å². The number of fused-ring (bicyclic) bond motifs is 1. The molecular formula is C17H18ClN3O. The van der Waals surface area contributed by atoms with Crippen LogP contribution in [0.2, 0.25) is 5.15 Å². The molecule has 0 spiro atoms. The van der Waals surface area contributed by atoms with E-state index in [-0.39, 0.29) is 0 Å². The summed E-state index contributed by atoms with van der Waals surface area (Å²) in [6.07, 6.45) is 7.60. The summed E-state index contributed by atoms with van der Waals surface area (Å²) in [5.41, 5.74) is 1.11. The van der Waals surface area contributed by atoms with Gasteiger partial charge in [0.05, 0.1) is 5.60 Å². The molecule has 1 saturated carbocycles. The SMILES string of the molecule is N=C/C(=C\NCC1(O)CCC1)c1ccc2cnc(Cl)cc2c1. The Hall–Kier alpha value is -1.91. The summed E-state index contributed by atoms with van der Waals surface area (Å²) in [4.78, 5) is 4.06. The van der Waals surface area contributed by atoms with Crippen molar-refractivity contribution in [1.29, 1.82) is 5.41 Å². The fraction of sp³-hybridized carbons (Fsp3) is 0.294. The molecule has 0 unspecified atom stereocenters. The predicted octanol–water partition coefficient (Wildman–Crippen LogP) is 3.38. The van der Waals surface area contributed by atoms with Gasteiger partial charge in [-0.05, 0) is 42.3 Å². The molecule has 3 N–H and O–H groups in total. The molecule has 2 aromatic rings. The molecule has 0 atom stereocenters. The average Bonchev–Trinajstić information content (AvgIpc) is 2.49. The number of hydrogen-bond acceptors (Lipinski definition) is 4. The van der Waals surface area contributed by atoms with E-state index in [1.807, 2.05) is 24.3 Å². The summed E-state index contributed by atoms with van der Waals surface area (Å²) in [7, 11) is 0. The Balaban J connectivity index is 1.81. The minimum atomic E-state index is -0.577. The number of benzene rings is 1. The Labute approximate surface area is 134 Å². The summed E-state index contributed by atoms with van der Waals surface area (Å²) in [6, 6.07) is 7.71. The van der Waals surface area contributed by atoms with Crippen molar-refractivity contribution in [3.05, 3.63) is 47.4 Å². The van der Waals surface area contributed by atoms with Crippen LogP contribution in [0.25, 0.3) is 16.3 Å². The molecule has 0 bridgehead atoms. The van der Waals surface area contributed by atoms with Crippen LogP contribution in [0, 0.1) is 5.41 Å². The Morgan fingerprint density at radius 2 is 2.18 bits per heavy atom. The molecule has 0 aliphatic heterocycles. The second kappa shape index (κ2) is 6.07. The zero-order valence-electron chi connectivity index (χ0n) is 12.1. The van der Waals surface area contributed by atoms with Gasteiger partial charge in [-0.25, -0.2) is 4.98 Å². The fourth-order valence-corrected chi connectivity index (χ4v) is 2.78. The monoisotopic (exact) mass is 315 g/mol. The highest BCUT2D eigenvalue weighted by Crippen LogP contribution is 2.30. The standard InChI is InChI=1S/C17H18ClN3O/c18-16-7-14-6-12(2-3-13(14)10-21-16)15(8-19)9-20-11-17(22)4-1-5-17/h2-3,6-10,19-20,22H,1,4-5,11H2/b15-9+,19-8?. The molecule has 1 heterocycles. The third-order valence-electron chi connectivity index (χ3n) is 4.15. The van der Waals surface area contributed by atoms with Crippen LogP contribution in [0.5, 0.6) is 0 Å². The number of hydrogen-bond donors (Lipinski definition) is 3. The van der Waals surface area contributed by atoms with E-state index in [0.29, 0.717) is 11.7 Å². The Morgan fingerprint density at radius 3 is 2.86 bits per heavy atom. The van der Waals surface area contributed by atoms with Crippen molar-refractivity contribution in [3.8, 4) is 0 Å². The molecule has 3 rings (SSSR count). The van der Waals surface area contributed by atoms with Gasteiger partial charge in [0.15, 0.2) is 0 Å². The Morgan fingerprint density at radius 1 is 1.36 bits per heavy atom. The molecular weight excluding hydrogens is 298 g/mol. The lowest BCUT2D eigenvalue weighted by Gasteiger charge is -2.36. The van der Waals surface area contributed by atoms with E-state index >= 15 is 0 Å². The van der Waals surface area contributed by atoms with E-state index in [1.165, 1.54) is 6.21 Å². The van der Waals surface area contributed by atoms with Crippen LogP contribution in [-0.4, -0.2) is 28.5 Å². The zero-order valence-corrected chi connectivity index (χ0v) is 12.9. The minimum absolute atomic E-state index is 0.454. The summed E-state index contributed by atoms with van der Waals surface area (Å²) in [6.45, 7) is 0.521. The highest BCUT2D eigenvalue weighted by molar-refractivity contribution is 6.30. The first kappa shape index (κ1) is 15.0. The first-order chi connectivity index (χ1) is 10.6. The van der Waals surface area contributed by atoms with E-state index in [4.69, 9.17) is 17.0 Å². The van der Waals surface area contributed by atoms with Crippen LogP contribution in [0.1, 0.15) is 24.8 Å². The average molecular weight is 316 g/mol. The molecule has 1 aromatic carbocycles. The quantitative estimate of drug-likeness (QED) is 0.585. The lowest BCUT2D eigenvalue weighted by Crippen LogP contribution is -2.44. The number of rotatable bonds is 5. The lowest BCUT2D eigenvalue weighted by molar-refractivity contribution is -0.0287. The lowest BCUT2D eigenvalue weighted by atomic mass is 9.80. The van der Waals surface area contributed by atoms with Crippen LogP contribution < -0.4 is 5.32 Å². The number of pyridine rings is 1. The van der Waals surface area contributed by atoms with Gasteiger partial charge >= 0.3 is 0 Å². The van der Waals surface area contributed by atoms with Gasteiger partial charge in [0.1, 0.15) is 5.15 Å². The van der Waals surface area contributed by atoms with Crippen LogP contribution >= 0.6 is 11.6 Å². The van der Waals surface area contributed by atoms with E-state index in [0.717, 1.165) is 41.2 Å². The van der Waals surface area contributed by atoms with Crippen LogP contribution in [0.3, 0.4) is 0 Å². The maximum atomic E-state index is 10.1. The smallest absolute Gasteiger partial charge is 0.129 e. The van der Waals surface area contributed by atoms with E-state index < -0.39 is 5.60 Å². The van der Waals surface area contributed by atoms with E-state index in [9.17, 15) is 5.11 Å². The fourth-order valence-electron chi connectivity index (χ4n) is 2.61. The van der Waals surface area contributed by atoms with Crippen molar-refractivity contribution in [2.45, 2.75) is 24.9 Å². The third-order valence-corrected chi connectivity index (χ3v) is 4.36. The minimum Gasteiger partial charge on any atom is -0.388 e. The topological polar surface area (TPSA) is 69.0 Å².